The van der Waals surface area contributed by atoms with E-state index in [4.69, 9.17) is 14.6 Å². The highest BCUT2D eigenvalue weighted by molar-refractivity contribution is 5.84. The summed E-state index contributed by atoms with van der Waals surface area (Å²) in [5.74, 6) is -0.132. The lowest BCUT2D eigenvalue weighted by molar-refractivity contribution is -0.139. The topological polar surface area (TPSA) is 67.8 Å². The van der Waals surface area contributed by atoms with Gasteiger partial charge in [-0.15, -0.1) is 0 Å². The third kappa shape index (κ3) is 6.43. The standard InChI is InChI=1S/C10H21NO4/c1-10(2,14-3)9(13)11-5-4-7-15-8-6-12/h12H,4-8H2,1-3H3,(H,11,13). The van der Waals surface area contributed by atoms with E-state index in [0.717, 1.165) is 6.42 Å². The Labute approximate surface area is 90.8 Å². The number of hydrogen-bond acceptors (Lipinski definition) is 4. The number of nitrogens with one attached hydrogen (secondary N) is 1. The summed E-state index contributed by atoms with van der Waals surface area (Å²) in [4.78, 5) is 11.5. The van der Waals surface area contributed by atoms with Crippen molar-refractivity contribution in [2.45, 2.75) is 25.9 Å². The minimum Gasteiger partial charge on any atom is -0.394 e. The summed E-state index contributed by atoms with van der Waals surface area (Å²) in [6, 6.07) is 0. The van der Waals surface area contributed by atoms with Crippen LogP contribution in [0.4, 0.5) is 0 Å². The second-order valence-electron chi connectivity index (χ2n) is 3.66. The van der Waals surface area contributed by atoms with Gasteiger partial charge >= 0.3 is 0 Å². The number of methoxy groups -OCH3 is 1. The molecule has 0 bridgehead atoms. The number of aliphatic hydroxyl groups excluding tert-OH is 1. The molecule has 0 radical (unpaired) electrons. The van der Waals surface area contributed by atoms with Crippen LogP contribution in [0.1, 0.15) is 20.3 Å². The summed E-state index contributed by atoms with van der Waals surface area (Å²) >= 11 is 0. The third-order valence-electron chi connectivity index (χ3n) is 2.04. The van der Waals surface area contributed by atoms with Crippen molar-refractivity contribution >= 4 is 5.91 Å². The van der Waals surface area contributed by atoms with Crippen LogP contribution in [0.3, 0.4) is 0 Å². The molecule has 0 heterocycles. The van der Waals surface area contributed by atoms with E-state index in [2.05, 4.69) is 5.32 Å². The molecule has 90 valence electrons. The molecule has 0 fully saturated rings. The zero-order chi connectivity index (χ0) is 11.7. The molecule has 0 aliphatic heterocycles. The summed E-state index contributed by atoms with van der Waals surface area (Å²) in [5.41, 5.74) is -0.786. The van der Waals surface area contributed by atoms with Crippen LogP contribution >= 0.6 is 0 Å². The van der Waals surface area contributed by atoms with Crippen molar-refractivity contribution < 1.29 is 19.4 Å². The number of amides is 1. The largest absolute Gasteiger partial charge is 0.394 e. The van der Waals surface area contributed by atoms with E-state index in [1.54, 1.807) is 13.8 Å². The van der Waals surface area contributed by atoms with E-state index in [1.807, 2.05) is 0 Å². The summed E-state index contributed by atoms with van der Waals surface area (Å²) in [6.07, 6.45) is 0.728. The van der Waals surface area contributed by atoms with Gasteiger partial charge in [-0.3, -0.25) is 4.79 Å². The first-order valence-electron chi connectivity index (χ1n) is 5.06. The van der Waals surface area contributed by atoms with Crippen LogP contribution in [0.2, 0.25) is 0 Å². The molecule has 5 heteroatoms. The number of hydrogen-bond donors (Lipinski definition) is 2. The molecular formula is C10H21NO4. The van der Waals surface area contributed by atoms with Crippen LogP contribution in [0, 0.1) is 0 Å². The Morgan fingerprint density at radius 1 is 1.40 bits per heavy atom. The molecule has 0 aromatic carbocycles. The predicted molar refractivity (Wildman–Crippen MR) is 56.6 cm³/mol. The quantitative estimate of drug-likeness (QED) is 0.561. The maximum absolute atomic E-state index is 11.5. The van der Waals surface area contributed by atoms with Gasteiger partial charge in [0.2, 0.25) is 0 Å². The monoisotopic (exact) mass is 219 g/mol. The number of aliphatic hydroxyl groups is 1. The lowest BCUT2D eigenvalue weighted by atomic mass is 10.1. The van der Waals surface area contributed by atoms with Crippen molar-refractivity contribution in [2.75, 3.05) is 33.5 Å². The van der Waals surface area contributed by atoms with Gasteiger partial charge in [0.1, 0.15) is 5.60 Å². The summed E-state index contributed by atoms with van der Waals surface area (Å²) in [5, 5.41) is 11.2. The first kappa shape index (κ1) is 14.3. The highest BCUT2D eigenvalue weighted by Crippen LogP contribution is 2.06. The number of carbonyl (C=O) groups excluding carboxylic acids is 1. The van der Waals surface area contributed by atoms with E-state index in [-0.39, 0.29) is 12.5 Å². The molecule has 0 atom stereocenters. The van der Waals surface area contributed by atoms with E-state index in [9.17, 15) is 4.79 Å². The van der Waals surface area contributed by atoms with Crippen LogP contribution in [0.5, 0.6) is 0 Å². The fourth-order valence-electron chi connectivity index (χ4n) is 0.848. The molecule has 0 saturated carbocycles. The van der Waals surface area contributed by atoms with Gasteiger partial charge in [-0.25, -0.2) is 0 Å². The molecule has 5 nitrogen and oxygen atoms in total. The van der Waals surface area contributed by atoms with Crippen molar-refractivity contribution in [1.82, 2.24) is 5.32 Å². The number of rotatable bonds is 8. The molecule has 0 saturated heterocycles. The molecule has 0 aromatic rings. The van der Waals surface area contributed by atoms with Crippen molar-refractivity contribution in [3.05, 3.63) is 0 Å². The van der Waals surface area contributed by atoms with Gasteiger partial charge in [-0.1, -0.05) is 0 Å². The Hall–Kier alpha value is -0.650. The van der Waals surface area contributed by atoms with Gasteiger partial charge in [0.05, 0.1) is 13.2 Å². The first-order chi connectivity index (χ1) is 7.04. The Bertz CT molecular complexity index is 182. The molecule has 0 aliphatic carbocycles. The Morgan fingerprint density at radius 3 is 2.60 bits per heavy atom. The molecule has 0 rings (SSSR count). The van der Waals surface area contributed by atoms with Gasteiger partial charge in [0.25, 0.3) is 5.91 Å². The van der Waals surface area contributed by atoms with Gasteiger partial charge in [-0.05, 0) is 20.3 Å². The molecule has 0 aromatic heterocycles. The summed E-state index contributed by atoms with van der Waals surface area (Å²) in [7, 11) is 1.50. The first-order valence-corrected chi connectivity index (χ1v) is 5.06. The Balaban J connectivity index is 3.47. The zero-order valence-corrected chi connectivity index (χ0v) is 9.71. The van der Waals surface area contributed by atoms with E-state index < -0.39 is 5.60 Å². The molecule has 15 heavy (non-hydrogen) atoms. The predicted octanol–water partition coefficient (Wildman–Crippen LogP) is -0.0734. The van der Waals surface area contributed by atoms with Crippen LogP contribution in [-0.4, -0.2) is 50.1 Å². The smallest absolute Gasteiger partial charge is 0.251 e. The Morgan fingerprint density at radius 2 is 2.07 bits per heavy atom. The minimum absolute atomic E-state index is 0.0308. The van der Waals surface area contributed by atoms with Crippen molar-refractivity contribution in [3.8, 4) is 0 Å². The molecule has 0 spiro atoms. The summed E-state index contributed by atoms with van der Waals surface area (Å²) < 4.78 is 10.1. The van der Waals surface area contributed by atoms with Crippen LogP contribution in [0.15, 0.2) is 0 Å². The lowest BCUT2D eigenvalue weighted by Crippen LogP contribution is -2.44. The van der Waals surface area contributed by atoms with Crippen LogP contribution < -0.4 is 5.32 Å². The van der Waals surface area contributed by atoms with Gasteiger partial charge in [-0.2, -0.15) is 0 Å². The van der Waals surface area contributed by atoms with Gasteiger partial charge in [0.15, 0.2) is 0 Å². The van der Waals surface area contributed by atoms with Crippen molar-refractivity contribution in [1.29, 1.82) is 0 Å². The van der Waals surface area contributed by atoms with Crippen LogP contribution in [-0.2, 0) is 14.3 Å². The van der Waals surface area contributed by atoms with Gasteiger partial charge in [0, 0.05) is 20.3 Å². The van der Waals surface area contributed by atoms with Crippen molar-refractivity contribution in [3.63, 3.8) is 0 Å². The van der Waals surface area contributed by atoms with Crippen molar-refractivity contribution in [2.24, 2.45) is 0 Å². The average Bonchev–Trinajstić information content (AvgIpc) is 2.22. The van der Waals surface area contributed by atoms with E-state index >= 15 is 0 Å². The number of ether oxygens (including phenoxy) is 2. The minimum atomic E-state index is -0.786. The lowest BCUT2D eigenvalue weighted by Gasteiger charge is -2.21. The number of carbonyl (C=O) groups is 1. The normalized spacial score (nSPS) is 11.5. The second kappa shape index (κ2) is 7.62. The molecule has 2 N–H and O–H groups in total. The molecule has 0 aliphatic rings. The van der Waals surface area contributed by atoms with E-state index in [1.165, 1.54) is 7.11 Å². The van der Waals surface area contributed by atoms with E-state index in [0.29, 0.717) is 19.8 Å². The van der Waals surface area contributed by atoms with Crippen LogP contribution in [0.25, 0.3) is 0 Å². The molecular weight excluding hydrogens is 198 g/mol. The highest BCUT2D eigenvalue weighted by Gasteiger charge is 2.25. The molecule has 0 unspecified atom stereocenters. The third-order valence-corrected chi connectivity index (χ3v) is 2.04. The van der Waals surface area contributed by atoms with Gasteiger partial charge < -0.3 is 19.9 Å². The fourth-order valence-corrected chi connectivity index (χ4v) is 0.848. The maximum Gasteiger partial charge on any atom is 0.251 e. The SMILES string of the molecule is COC(C)(C)C(=O)NCCCOCCO. The fraction of sp³-hybridized carbons (Fsp3) is 0.900. The average molecular weight is 219 g/mol. The summed E-state index contributed by atoms with van der Waals surface area (Å²) in [6.45, 7) is 4.89. The second-order valence-corrected chi connectivity index (χ2v) is 3.66. The maximum atomic E-state index is 11.5. The Kier molecular flexibility index (Phi) is 7.29. The molecule has 1 amide bonds. The highest BCUT2D eigenvalue weighted by atomic mass is 16.5. The zero-order valence-electron chi connectivity index (χ0n) is 9.71.